The number of unbranched alkanes of at least 4 members (excludes halogenated alkanes) is 3. The first-order valence-electron chi connectivity index (χ1n) is 11.6. The van der Waals surface area contributed by atoms with E-state index in [1.165, 1.54) is 96.3 Å². The molecule has 2 fully saturated rings. The van der Waals surface area contributed by atoms with Crippen LogP contribution < -0.4 is 0 Å². The first-order valence-corrected chi connectivity index (χ1v) is 11.6. The molecule has 0 aromatic carbocycles. The number of hydrogen-bond donors (Lipinski definition) is 0. The molecule has 0 bridgehead atoms. The number of allylic oxidation sites excluding steroid dienone is 1. The molecule has 2 saturated carbocycles. The molecule has 0 radical (unpaired) electrons. The summed E-state index contributed by atoms with van der Waals surface area (Å²) in [5, 5.41) is 0. The third-order valence-electron chi connectivity index (χ3n) is 6.70. The third kappa shape index (κ3) is 8.76. The summed E-state index contributed by atoms with van der Waals surface area (Å²) in [5.41, 5.74) is 0. The van der Waals surface area contributed by atoms with E-state index in [0.717, 1.165) is 24.4 Å². The van der Waals surface area contributed by atoms with E-state index in [2.05, 4.69) is 26.0 Å². The van der Waals surface area contributed by atoms with Crippen molar-refractivity contribution in [2.24, 2.45) is 17.8 Å². The van der Waals surface area contributed by atoms with Gasteiger partial charge in [0.25, 0.3) is 0 Å². The van der Waals surface area contributed by atoms with E-state index >= 15 is 0 Å². The quantitative estimate of drug-likeness (QED) is 0.274. The van der Waals surface area contributed by atoms with Gasteiger partial charge in [-0.15, -0.1) is 0 Å². The Bertz CT molecular complexity index is 332. The molecular weight excluding hydrogens is 304 g/mol. The lowest BCUT2D eigenvalue weighted by Crippen LogP contribution is -2.21. The van der Waals surface area contributed by atoms with Gasteiger partial charge in [-0.1, -0.05) is 70.9 Å². The van der Waals surface area contributed by atoms with Crippen molar-refractivity contribution in [1.82, 2.24) is 0 Å². The first kappa shape index (κ1) is 21.0. The lowest BCUT2D eigenvalue weighted by atomic mass is 9.80. The van der Waals surface area contributed by atoms with Crippen LogP contribution in [0.5, 0.6) is 0 Å². The highest BCUT2D eigenvalue weighted by Crippen LogP contribution is 2.33. The molecular formula is C24H44O. The second-order valence-corrected chi connectivity index (χ2v) is 8.82. The minimum Gasteiger partial charge on any atom is -0.374 e. The molecule has 0 N–H and O–H groups in total. The van der Waals surface area contributed by atoms with E-state index in [1.54, 1.807) is 0 Å². The van der Waals surface area contributed by atoms with E-state index in [-0.39, 0.29) is 0 Å². The molecule has 0 spiro atoms. The fraction of sp³-hybridized carbons (Fsp3) is 0.917. The zero-order valence-electron chi connectivity index (χ0n) is 17.2. The van der Waals surface area contributed by atoms with Gasteiger partial charge in [0.1, 0.15) is 0 Å². The maximum absolute atomic E-state index is 6.14. The van der Waals surface area contributed by atoms with Crippen LogP contribution in [0.4, 0.5) is 0 Å². The van der Waals surface area contributed by atoms with Crippen LogP contribution in [-0.2, 0) is 4.74 Å². The van der Waals surface area contributed by atoms with Gasteiger partial charge in [-0.2, -0.15) is 0 Å². The summed E-state index contributed by atoms with van der Waals surface area (Å²) in [6, 6.07) is 0. The van der Waals surface area contributed by atoms with Gasteiger partial charge in [0.05, 0.1) is 12.7 Å². The maximum atomic E-state index is 6.14. The number of ether oxygens (including phenoxy) is 1. The second-order valence-electron chi connectivity index (χ2n) is 8.82. The maximum Gasteiger partial charge on any atom is 0.0651 e. The fourth-order valence-corrected chi connectivity index (χ4v) is 4.87. The Kier molecular flexibility index (Phi) is 10.9. The van der Waals surface area contributed by atoms with E-state index in [4.69, 9.17) is 4.74 Å². The molecule has 0 heterocycles. The molecule has 0 amide bonds. The Morgan fingerprint density at radius 3 is 1.96 bits per heavy atom. The molecule has 0 atom stereocenters. The van der Waals surface area contributed by atoms with Crippen molar-refractivity contribution in [2.75, 3.05) is 6.61 Å². The summed E-state index contributed by atoms with van der Waals surface area (Å²) in [4.78, 5) is 0. The minimum atomic E-state index is 0.539. The Morgan fingerprint density at radius 2 is 1.32 bits per heavy atom. The van der Waals surface area contributed by atoms with Gasteiger partial charge >= 0.3 is 0 Å². The highest BCUT2D eigenvalue weighted by Gasteiger charge is 2.21. The molecule has 25 heavy (non-hydrogen) atoms. The highest BCUT2D eigenvalue weighted by atomic mass is 16.5. The molecule has 2 aliphatic carbocycles. The van der Waals surface area contributed by atoms with Gasteiger partial charge in [0.2, 0.25) is 0 Å². The number of hydrogen-bond acceptors (Lipinski definition) is 1. The number of rotatable bonds is 11. The van der Waals surface area contributed by atoms with Crippen molar-refractivity contribution >= 4 is 0 Å². The van der Waals surface area contributed by atoms with Crippen molar-refractivity contribution in [1.29, 1.82) is 0 Å². The summed E-state index contributed by atoms with van der Waals surface area (Å²) >= 11 is 0. The molecule has 146 valence electrons. The van der Waals surface area contributed by atoms with Gasteiger partial charge < -0.3 is 4.74 Å². The van der Waals surface area contributed by atoms with Gasteiger partial charge in [0.15, 0.2) is 0 Å². The van der Waals surface area contributed by atoms with Crippen LogP contribution in [-0.4, -0.2) is 12.7 Å². The van der Waals surface area contributed by atoms with Gasteiger partial charge in [-0.05, 0) is 69.1 Å². The largest absolute Gasteiger partial charge is 0.374 e. The lowest BCUT2D eigenvalue weighted by Gasteiger charge is -2.28. The Labute approximate surface area is 158 Å². The van der Waals surface area contributed by atoms with Gasteiger partial charge in [-0.25, -0.2) is 0 Å². The normalized spacial score (nSPS) is 30.8. The van der Waals surface area contributed by atoms with Gasteiger partial charge in [0, 0.05) is 0 Å². The smallest absolute Gasteiger partial charge is 0.0651 e. The molecule has 2 rings (SSSR count). The minimum absolute atomic E-state index is 0.539. The molecule has 0 aliphatic heterocycles. The molecule has 0 unspecified atom stereocenters. The van der Waals surface area contributed by atoms with Crippen LogP contribution >= 0.6 is 0 Å². The average Bonchev–Trinajstić information content (AvgIpc) is 2.66. The van der Waals surface area contributed by atoms with Crippen molar-refractivity contribution in [3.05, 3.63) is 12.2 Å². The highest BCUT2D eigenvalue weighted by molar-refractivity contribution is 4.91. The topological polar surface area (TPSA) is 9.23 Å². The summed E-state index contributed by atoms with van der Waals surface area (Å²) in [7, 11) is 0. The van der Waals surface area contributed by atoms with Crippen LogP contribution in [0.3, 0.4) is 0 Å². The summed E-state index contributed by atoms with van der Waals surface area (Å²) in [5.74, 6) is 2.84. The molecule has 0 aromatic heterocycles. The predicted octanol–water partition coefficient (Wildman–Crippen LogP) is 7.69. The second kappa shape index (κ2) is 13.0. The average molecular weight is 349 g/mol. The molecule has 2 aliphatic rings. The van der Waals surface area contributed by atoms with Crippen LogP contribution in [0.1, 0.15) is 110 Å². The van der Waals surface area contributed by atoms with Gasteiger partial charge in [-0.3, -0.25) is 0 Å². The predicted molar refractivity (Wildman–Crippen MR) is 110 cm³/mol. The molecule has 1 nitrogen and oxygen atoms in total. The van der Waals surface area contributed by atoms with Crippen LogP contribution in [0, 0.1) is 17.8 Å². The monoisotopic (exact) mass is 348 g/mol. The first-order chi connectivity index (χ1) is 12.3. The van der Waals surface area contributed by atoms with Crippen LogP contribution in [0.15, 0.2) is 12.2 Å². The SMILES string of the molecule is CCCCCC1CCC(OCC=CC2CCC(CCCC)CC2)CC1. The van der Waals surface area contributed by atoms with E-state index in [9.17, 15) is 0 Å². The van der Waals surface area contributed by atoms with E-state index < -0.39 is 0 Å². The third-order valence-corrected chi connectivity index (χ3v) is 6.70. The van der Waals surface area contributed by atoms with Crippen molar-refractivity contribution in [3.63, 3.8) is 0 Å². The van der Waals surface area contributed by atoms with E-state index in [0.29, 0.717) is 6.10 Å². The standard InChI is InChI=1S/C24H44O/c1-3-5-7-10-22-16-18-24(19-17-22)25-20-8-11-23-14-12-21(13-15-23)9-6-4-2/h8,11,21-24H,3-7,9-10,12-20H2,1-2H3. The summed E-state index contributed by atoms with van der Waals surface area (Å²) in [6.45, 7) is 5.46. The zero-order chi connectivity index (χ0) is 17.7. The molecule has 1 heteroatoms. The van der Waals surface area contributed by atoms with E-state index in [1.807, 2.05) is 0 Å². The Morgan fingerprint density at radius 1 is 0.720 bits per heavy atom. The Balaban J connectivity index is 1.50. The van der Waals surface area contributed by atoms with Crippen LogP contribution in [0.25, 0.3) is 0 Å². The summed E-state index contributed by atoms with van der Waals surface area (Å²) in [6.07, 6.45) is 26.4. The zero-order valence-corrected chi connectivity index (χ0v) is 17.2. The molecule has 0 aromatic rings. The Hall–Kier alpha value is -0.300. The van der Waals surface area contributed by atoms with Crippen molar-refractivity contribution in [2.45, 2.75) is 116 Å². The van der Waals surface area contributed by atoms with Crippen molar-refractivity contribution < 1.29 is 4.74 Å². The summed E-state index contributed by atoms with van der Waals surface area (Å²) < 4.78 is 6.14. The molecule has 0 saturated heterocycles. The van der Waals surface area contributed by atoms with Crippen LogP contribution in [0.2, 0.25) is 0 Å². The van der Waals surface area contributed by atoms with Crippen molar-refractivity contribution in [3.8, 4) is 0 Å². The fourth-order valence-electron chi connectivity index (χ4n) is 4.87. The lowest BCUT2D eigenvalue weighted by molar-refractivity contribution is 0.0331.